The molecule has 0 radical (unpaired) electrons. The maximum Gasteiger partial charge on any atom is 0.345 e. The first-order valence-electron chi connectivity index (χ1n) is 3.44. The van der Waals surface area contributed by atoms with Crippen molar-refractivity contribution in [2.45, 2.75) is 6.04 Å². The second-order valence-electron chi connectivity index (χ2n) is 2.35. The van der Waals surface area contributed by atoms with E-state index in [-0.39, 0.29) is 6.04 Å². The molecule has 1 rings (SSSR count). The lowest BCUT2D eigenvalue weighted by Crippen LogP contribution is -2.19. The summed E-state index contributed by atoms with van der Waals surface area (Å²) in [5.74, 6) is -0.921. The van der Waals surface area contributed by atoms with Gasteiger partial charge in [0.1, 0.15) is 4.88 Å². The average Bonchev–Trinajstić information content (AvgIpc) is 2.51. The van der Waals surface area contributed by atoms with Crippen LogP contribution in [0.3, 0.4) is 0 Å². The van der Waals surface area contributed by atoms with Gasteiger partial charge in [0, 0.05) is 11.4 Å². The standard InChI is InChI=1S/C7H10N2O2S/c8-3-4(9)5-1-2-6(12-5)7(10)11/h1-2,4H,3,8-9H2,(H,10,11). The Morgan fingerprint density at radius 2 is 2.33 bits per heavy atom. The molecule has 1 unspecified atom stereocenters. The van der Waals surface area contributed by atoms with Gasteiger partial charge in [-0.1, -0.05) is 0 Å². The van der Waals surface area contributed by atoms with Gasteiger partial charge in [-0.2, -0.15) is 0 Å². The van der Waals surface area contributed by atoms with Gasteiger partial charge in [-0.05, 0) is 12.1 Å². The molecular formula is C7H10N2O2S. The zero-order chi connectivity index (χ0) is 9.14. The maximum atomic E-state index is 10.5. The van der Waals surface area contributed by atoms with Crippen molar-refractivity contribution < 1.29 is 9.90 Å². The smallest absolute Gasteiger partial charge is 0.345 e. The fourth-order valence-electron chi connectivity index (χ4n) is 0.783. The molecule has 0 saturated heterocycles. The molecule has 0 aromatic carbocycles. The van der Waals surface area contributed by atoms with Gasteiger partial charge >= 0.3 is 5.97 Å². The molecule has 5 heteroatoms. The number of carboxylic acids is 1. The van der Waals surface area contributed by atoms with Crippen LogP contribution in [0, 0.1) is 0 Å². The molecule has 0 amide bonds. The zero-order valence-electron chi connectivity index (χ0n) is 6.36. The fraction of sp³-hybridized carbons (Fsp3) is 0.286. The Bertz CT molecular complexity index is 285. The number of carbonyl (C=O) groups is 1. The quantitative estimate of drug-likeness (QED) is 0.637. The monoisotopic (exact) mass is 186 g/mol. The second-order valence-corrected chi connectivity index (χ2v) is 3.46. The Kier molecular flexibility index (Phi) is 2.80. The van der Waals surface area contributed by atoms with Gasteiger partial charge in [0.05, 0.1) is 6.04 Å². The van der Waals surface area contributed by atoms with E-state index in [9.17, 15) is 4.79 Å². The van der Waals surface area contributed by atoms with Crippen LogP contribution in [0.1, 0.15) is 20.6 Å². The van der Waals surface area contributed by atoms with Gasteiger partial charge < -0.3 is 16.6 Å². The number of carboxylic acid groups (broad SMARTS) is 1. The van der Waals surface area contributed by atoms with Crippen LogP contribution in [-0.2, 0) is 0 Å². The predicted molar refractivity (Wildman–Crippen MR) is 47.3 cm³/mol. The number of rotatable bonds is 3. The third-order valence-corrected chi connectivity index (χ3v) is 2.66. The lowest BCUT2D eigenvalue weighted by atomic mass is 10.2. The predicted octanol–water partition coefficient (Wildman–Crippen LogP) is 0.405. The van der Waals surface area contributed by atoms with Crippen molar-refractivity contribution in [3.63, 3.8) is 0 Å². The third kappa shape index (κ3) is 1.82. The van der Waals surface area contributed by atoms with E-state index in [1.54, 1.807) is 6.07 Å². The molecule has 0 aliphatic carbocycles. The summed E-state index contributed by atoms with van der Waals surface area (Å²) in [6, 6.07) is 2.99. The van der Waals surface area contributed by atoms with Crippen LogP contribution in [0.5, 0.6) is 0 Å². The molecular weight excluding hydrogens is 176 g/mol. The summed E-state index contributed by atoms with van der Waals surface area (Å²) in [7, 11) is 0. The zero-order valence-corrected chi connectivity index (χ0v) is 7.17. The minimum absolute atomic E-state index is 0.247. The summed E-state index contributed by atoms with van der Waals surface area (Å²) in [4.78, 5) is 11.6. The van der Waals surface area contributed by atoms with Gasteiger partial charge in [0.15, 0.2) is 0 Å². The minimum atomic E-state index is -0.921. The molecule has 1 aromatic rings. The number of thiophene rings is 1. The van der Waals surface area contributed by atoms with Crippen LogP contribution in [0.4, 0.5) is 0 Å². The summed E-state index contributed by atoms with van der Waals surface area (Å²) in [6.07, 6.45) is 0. The van der Waals surface area contributed by atoms with E-state index in [0.29, 0.717) is 11.4 Å². The molecule has 1 aromatic heterocycles. The second kappa shape index (κ2) is 3.66. The Morgan fingerprint density at radius 3 is 2.75 bits per heavy atom. The van der Waals surface area contributed by atoms with Crippen LogP contribution in [0.25, 0.3) is 0 Å². The van der Waals surface area contributed by atoms with Gasteiger partial charge in [-0.15, -0.1) is 11.3 Å². The van der Waals surface area contributed by atoms with E-state index in [1.165, 1.54) is 17.4 Å². The highest BCUT2D eigenvalue weighted by Crippen LogP contribution is 2.20. The highest BCUT2D eigenvalue weighted by Gasteiger charge is 2.10. The summed E-state index contributed by atoms with van der Waals surface area (Å²) in [5, 5.41) is 8.59. The first-order valence-corrected chi connectivity index (χ1v) is 4.25. The lowest BCUT2D eigenvalue weighted by Gasteiger charge is -2.03. The third-order valence-electron chi connectivity index (χ3n) is 1.46. The summed E-state index contributed by atoms with van der Waals surface area (Å²) in [6.45, 7) is 0.333. The van der Waals surface area contributed by atoms with Crippen molar-refractivity contribution in [2.75, 3.05) is 6.54 Å². The normalized spacial score (nSPS) is 12.8. The fourth-order valence-corrected chi connectivity index (χ4v) is 1.64. The number of nitrogens with two attached hydrogens (primary N) is 2. The molecule has 0 saturated carbocycles. The van der Waals surface area contributed by atoms with Crippen molar-refractivity contribution in [1.82, 2.24) is 0 Å². The summed E-state index contributed by atoms with van der Waals surface area (Å²) < 4.78 is 0. The van der Waals surface area contributed by atoms with Gasteiger partial charge in [0.25, 0.3) is 0 Å². The van der Waals surface area contributed by atoms with Crippen LogP contribution in [-0.4, -0.2) is 17.6 Å². The van der Waals surface area contributed by atoms with Crippen molar-refractivity contribution in [1.29, 1.82) is 0 Å². The largest absolute Gasteiger partial charge is 0.477 e. The molecule has 1 heterocycles. The molecule has 5 N–H and O–H groups in total. The Hall–Kier alpha value is -0.910. The first-order chi connectivity index (χ1) is 5.65. The SMILES string of the molecule is NCC(N)c1ccc(C(=O)O)s1. The van der Waals surface area contributed by atoms with Crippen molar-refractivity contribution in [2.24, 2.45) is 11.5 Å². The lowest BCUT2D eigenvalue weighted by molar-refractivity contribution is 0.0702. The molecule has 0 aliphatic heterocycles. The minimum Gasteiger partial charge on any atom is -0.477 e. The van der Waals surface area contributed by atoms with E-state index in [1.807, 2.05) is 0 Å². The first kappa shape index (κ1) is 9.18. The van der Waals surface area contributed by atoms with Gasteiger partial charge in [-0.3, -0.25) is 0 Å². The van der Waals surface area contributed by atoms with E-state index in [4.69, 9.17) is 16.6 Å². The average molecular weight is 186 g/mol. The molecule has 0 aliphatic rings. The number of aromatic carboxylic acids is 1. The van der Waals surface area contributed by atoms with Crippen molar-refractivity contribution in [3.8, 4) is 0 Å². The van der Waals surface area contributed by atoms with E-state index in [0.717, 1.165) is 4.88 Å². The van der Waals surface area contributed by atoms with Gasteiger partial charge in [-0.25, -0.2) is 4.79 Å². The topological polar surface area (TPSA) is 89.3 Å². The molecule has 1 atom stereocenters. The van der Waals surface area contributed by atoms with Crippen LogP contribution in [0.15, 0.2) is 12.1 Å². The highest BCUT2D eigenvalue weighted by molar-refractivity contribution is 7.14. The number of hydrogen-bond acceptors (Lipinski definition) is 4. The van der Waals surface area contributed by atoms with Crippen molar-refractivity contribution in [3.05, 3.63) is 21.9 Å². The molecule has 4 nitrogen and oxygen atoms in total. The van der Waals surface area contributed by atoms with Gasteiger partial charge in [0.2, 0.25) is 0 Å². The molecule has 0 bridgehead atoms. The molecule has 0 spiro atoms. The van der Waals surface area contributed by atoms with E-state index in [2.05, 4.69) is 0 Å². The molecule has 0 fully saturated rings. The Balaban J connectivity index is 2.84. The molecule has 12 heavy (non-hydrogen) atoms. The maximum absolute atomic E-state index is 10.5. The Morgan fingerprint density at radius 1 is 1.67 bits per heavy atom. The van der Waals surface area contributed by atoms with Crippen molar-refractivity contribution >= 4 is 17.3 Å². The van der Waals surface area contributed by atoms with E-state index >= 15 is 0 Å². The molecule has 66 valence electrons. The number of hydrogen-bond donors (Lipinski definition) is 3. The summed E-state index contributed by atoms with van der Waals surface area (Å²) >= 11 is 1.17. The highest BCUT2D eigenvalue weighted by atomic mass is 32.1. The van der Waals surface area contributed by atoms with Crippen LogP contribution >= 0.6 is 11.3 Å². The van der Waals surface area contributed by atoms with E-state index < -0.39 is 5.97 Å². The van der Waals surface area contributed by atoms with Crippen LogP contribution in [0.2, 0.25) is 0 Å². The van der Waals surface area contributed by atoms with Crippen LogP contribution < -0.4 is 11.5 Å². The Labute approximate surface area is 73.8 Å². The summed E-state index contributed by atoms with van der Waals surface area (Å²) in [5.41, 5.74) is 10.9.